The van der Waals surface area contributed by atoms with Crippen molar-refractivity contribution in [1.29, 1.82) is 0 Å². The summed E-state index contributed by atoms with van der Waals surface area (Å²) < 4.78 is 24.6. The van der Waals surface area contributed by atoms with Gasteiger partial charge in [0.25, 0.3) is 5.91 Å². The Morgan fingerprint density at radius 3 is 2.20 bits per heavy atom. The van der Waals surface area contributed by atoms with Crippen molar-refractivity contribution < 1.29 is 17.8 Å². The SMILES string of the molecule is CC(C)[Si]1(C(C)C)O[C@H]2CCC[C@]23S[C@@H](n2cnc4c(NC(=O)c5ccccc5)ncnc42)C[C@@H]3O[Si](C(C)C)(C(C)C)O1. The third kappa shape index (κ3) is 5.09. The van der Waals surface area contributed by atoms with Crippen molar-refractivity contribution in [1.82, 2.24) is 19.5 Å². The molecule has 1 aliphatic carbocycles. The van der Waals surface area contributed by atoms with Gasteiger partial charge in [-0.1, -0.05) is 73.6 Å². The molecule has 0 bridgehead atoms. The molecule has 0 unspecified atom stereocenters. The molecule has 238 valence electrons. The summed E-state index contributed by atoms with van der Waals surface area (Å²) in [5, 5.41) is 3.00. The number of hydrogen-bond acceptors (Lipinski definition) is 8. The summed E-state index contributed by atoms with van der Waals surface area (Å²) in [5.74, 6) is 0.191. The molecular formula is C32H47N5O4SSi2. The molecule has 44 heavy (non-hydrogen) atoms. The van der Waals surface area contributed by atoms with Gasteiger partial charge >= 0.3 is 17.1 Å². The highest BCUT2D eigenvalue weighted by Gasteiger charge is 2.67. The lowest BCUT2D eigenvalue weighted by Crippen LogP contribution is -2.68. The lowest BCUT2D eigenvalue weighted by atomic mass is 9.95. The number of nitrogens with zero attached hydrogens (tertiary/aromatic N) is 4. The lowest BCUT2D eigenvalue weighted by molar-refractivity contribution is 0.00914. The van der Waals surface area contributed by atoms with Gasteiger partial charge in [0.1, 0.15) is 6.33 Å². The first-order valence-electron chi connectivity index (χ1n) is 16.2. The maximum Gasteiger partial charge on any atom is 0.334 e. The second kappa shape index (κ2) is 11.9. The van der Waals surface area contributed by atoms with Crippen molar-refractivity contribution in [3.63, 3.8) is 0 Å². The zero-order valence-electron chi connectivity index (χ0n) is 27.2. The Labute approximate surface area is 267 Å². The van der Waals surface area contributed by atoms with Crippen molar-refractivity contribution in [2.75, 3.05) is 5.32 Å². The van der Waals surface area contributed by atoms with Gasteiger partial charge in [-0.05, 0) is 53.6 Å². The van der Waals surface area contributed by atoms with E-state index in [0.717, 1.165) is 25.7 Å². The molecule has 4 atom stereocenters. The summed E-state index contributed by atoms with van der Waals surface area (Å²) in [4.78, 5) is 26.7. The van der Waals surface area contributed by atoms with Gasteiger partial charge in [-0.25, -0.2) is 15.0 Å². The number of amides is 1. The van der Waals surface area contributed by atoms with Gasteiger partial charge in [-0.3, -0.25) is 4.79 Å². The molecule has 3 aliphatic rings. The van der Waals surface area contributed by atoms with E-state index in [9.17, 15) is 4.79 Å². The van der Waals surface area contributed by atoms with E-state index in [-0.39, 0.29) is 39.3 Å². The molecule has 2 aromatic heterocycles. The van der Waals surface area contributed by atoms with Crippen LogP contribution in [0.15, 0.2) is 43.0 Å². The minimum atomic E-state index is -2.73. The number of benzene rings is 1. The Kier molecular flexibility index (Phi) is 8.64. The fourth-order valence-electron chi connectivity index (χ4n) is 7.72. The number of imidazole rings is 1. The largest absolute Gasteiger partial charge is 0.414 e. The Morgan fingerprint density at radius 2 is 1.57 bits per heavy atom. The molecular weight excluding hydrogens is 607 g/mol. The molecule has 12 heteroatoms. The fraction of sp³-hybridized carbons (Fsp3) is 0.625. The van der Waals surface area contributed by atoms with Crippen LogP contribution in [-0.2, 0) is 13.0 Å². The lowest BCUT2D eigenvalue weighted by Gasteiger charge is -2.55. The topological polar surface area (TPSA) is 100 Å². The Hall–Kier alpha value is -2.10. The minimum Gasteiger partial charge on any atom is -0.414 e. The Bertz CT molecular complexity index is 1490. The molecule has 1 saturated carbocycles. The first-order valence-corrected chi connectivity index (χ1v) is 21.0. The molecule has 3 fully saturated rings. The number of anilines is 1. The number of fused-ring (bicyclic) bond motifs is 1. The average Bonchev–Trinajstić information content (AvgIpc) is 3.68. The fourth-order valence-corrected chi connectivity index (χ4v) is 21.2. The van der Waals surface area contributed by atoms with Gasteiger partial charge in [-0.15, -0.1) is 11.8 Å². The standard InChI is InChI=1S/C32H47N5O4SSi2/c1-20(2)43(21(3)4)39-25-15-12-16-32(25)26(40-44(41-43,22(5)6)23(7)8)17-27(42-32)37-19-35-28-29(33-18-34-30(28)37)36-31(38)24-13-10-9-11-14-24/h9-11,13-14,18-23,25-27H,12,15-17H2,1-8H3,(H,33,34,36,38)/t25-,26-,27+,32-/m0/s1. The smallest absolute Gasteiger partial charge is 0.334 e. The molecule has 1 aromatic carbocycles. The maximum absolute atomic E-state index is 13.0. The summed E-state index contributed by atoms with van der Waals surface area (Å²) >= 11 is 1.99. The first-order chi connectivity index (χ1) is 20.9. The third-order valence-electron chi connectivity index (χ3n) is 10.0. The van der Waals surface area contributed by atoms with Crippen LogP contribution in [0.4, 0.5) is 5.82 Å². The van der Waals surface area contributed by atoms with E-state index >= 15 is 0 Å². The van der Waals surface area contributed by atoms with Crippen LogP contribution in [0.1, 0.15) is 96.8 Å². The van der Waals surface area contributed by atoms with Crippen LogP contribution in [0, 0.1) is 0 Å². The molecule has 2 aliphatic heterocycles. The van der Waals surface area contributed by atoms with Gasteiger partial charge in [0.05, 0.1) is 28.7 Å². The average molecular weight is 654 g/mol. The van der Waals surface area contributed by atoms with Gasteiger partial charge < -0.3 is 22.9 Å². The van der Waals surface area contributed by atoms with Crippen LogP contribution in [0.3, 0.4) is 0 Å². The van der Waals surface area contributed by atoms with Crippen LogP contribution < -0.4 is 5.32 Å². The van der Waals surface area contributed by atoms with Gasteiger partial charge in [-0.2, -0.15) is 0 Å². The van der Waals surface area contributed by atoms with Crippen LogP contribution in [0.25, 0.3) is 11.2 Å². The maximum atomic E-state index is 13.0. The van der Waals surface area contributed by atoms with Crippen molar-refractivity contribution in [3.05, 3.63) is 48.5 Å². The van der Waals surface area contributed by atoms with Crippen LogP contribution in [0.2, 0.25) is 22.2 Å². The van der Waals surface area contributed by atoms with E-state index in [1.54, 1.807) is 12.1 Å². The molecule has 0 radical (unpaired) electrons. The third-order valence-corrected chi connectivity index (χ3v) is 22.2. The zero-order valence-corrected chi connectivity index (χ0v) is 30.1. The second-order valence-electron chi connectivity index (χ2n) is 13.9. The van der Waals surface area contributed by atoms with E-state index in [1.165, 1.54) is 6.33 Å². The Balaban J connectivity index is 1.39. The van der Waals surface area contributed by atoms with Gasteiger partial charge in [0.15, 0.2) is 17.0 Å². The molecule has 9 nitrogen and oxygen atoms in total. The quantitative estimate of drug-likeness (QED) is 0.256. The molecule has 2 saturated heterocycles. The second-order valence-corrected chi connectivity index (χ2v) is 24.2. The van der Waals surface area contributed by atoms with Crippen molar-refractivity contribution in [3.8, 4) is 0 Å². The number of hydrogen-bond donors (Lipinski definition) is 1. The minimum absolute atomic E-state index is 0.00401. The predicted octanol–water partition coefficient (Wildman–Crippen LogP) is 7.96. The molecule has 3 aromatic rings. The number of carbonyl (C=O) groups is 1. The summed E-state index contributed by atoms with van der Waals surface area (Å²) in [7, 11) is -5.41. The molecule has 1 amide bonds. The highest BCUT2D eigenvalue weighted by atomic mass is 32.2. The molecule has 1 spiro atoms. The zero-order chi connectivity index (χ0) is 31.4. The summed E-state index contributed by atoms with van der Waals surface area (Å²) in [6, 6.07) is 9.15. The van der Waals surface area contributed by atoms with Crippen LogP contribution >= 0.6 is 11.8 Å². The van der Waals surface area contributed by atoms with Gasteiger partial charge in [0.2, 0.25) is 0 Å². The highest BCUT2D eigenvalue weighted by molar-refractivity contribution is 8.01. The van der Waals surface area contributed by atoms with E-state index < -0.39 is 17.1 Å². The monoisotopic (exact) mass is 653 g/mol. The van der Waals surface area contributed by atoms with E-state index in [1.807, 2.05) is 36.3 Å². The van der Waals surface area contributed by atoms with Gasteiger partial charge in [0, 0.05) is 12.0 Å². The number of thioether (sulfide) groups is 1. The Morgan fingerprint density at radius 1 is 0.932 bits per heavy atom. The number of carbonyl (C=O) groups excluding carboxylic acids is 1. The predicted molar refractivity (Wildman–Crippen MR) is 180 cm³/mol. The van der Waals surface area contributed by atoms with Crippen molar-refractivity contribution in [2.24, 2.45) is 0 Å². The summed E-state index contributed by atoms with van der Waals surface area (Å²) in [6.45, 7) is 18.3. The number of aromatic nitrogens is 4. The van der Waals surface area contributed by atoms with E-state index in [0.29, 0.717) is 33.6 Å². The first kappa shape index (κ1) is 31.9. The summed E-state index contributed by atoms with van der Waals surface area (Å²) in [5.41, 5.74) is 3.05. The van der Waals surface area contributed by atoms with Crippen molar-refractivity contribution in [2.45, 2.75) is 126 Å². The van der Waals surface area contributed by atoms with Crippen molar-refractivity contribution >= 4 is 51.8 Å². The van der Waals surface area contributed by atoms with Crippen LogP contribution in [0.5, 0.6) is 0 Å². The number of rotatable bonds is 7. The normalized spacial score (nSPS) is 28.0. The number of nitrogens with one attached hydrogen (secondary N) is 1. The van der Waals surface area contributed by atoms with Crippen LogP contribution in [-0.4, -0.2) is 59.5 Å². The molecule has 1 N–H and O–H groups in total. The van der Waals surface area contributed by atoms with E-state index in [4.69, 9.17) is 18.0 Å². The highest BCUT2D eigenvalue weighted by Crippen LogP contribution is 2.63. The molecule has 6 rings (SSSR count). The summed E-state index contributed by atoms with van der Waals surface area (Å²) in [6.07, 6.45) is 7.46. The van der Waals surface area contributed by atoms with E-state index in [2.05, 4.69) is 75.2 Å². The molecule has 4 heterocycles.